The lowest BCUT2D eigenvalue weighted by atomic mass is 10.2. The first kappa shape index (κ1) is 16.3. The van der Waals surface area contributed by atoms with Gasteiger partial charge in [-0.2, -0.15) is 4.98 Å². The molecular weight excluding hydrogens is 335 g/mol. The standard InChI is InChI=1S/C16H18Cl2N4O/c1-10-8-14(21-13-6-2-5-12(17)15(13)18)22-16(20-10)19-9-11-4-3-7-23-11/h2,5-6,8,11H,3-4,7,9H2,1H3,(H2,19,20,21,22). The zero-order chi connectivity index (χ0) is 16.2. The quantitative estimate of drug-likeness (QED) is 0.833. The molecule has 1 atom stereocenters. The Morgan fingerprint density at radius 3 is 2.96 bits per heavy atom. The maximum Gasteiger partial charge on any atom is 0.224 e. The lowest BCUT2D eigenvalue weighted by molar-refractivity contribution is 0.120. The minimum atomic E-state index is 0.234. The Kier molecular flexibility index (Phi) is 5.20. The zero-order valence-electron chi connectivity index (χ0n) is 12.8. The van der Waals surface area contributed by atoms with Crippen LogP contribution in [0.5, 0.6) is 0 Å². The molecule has 0 saturated carbocycles. The van der Waals surface area contributed by atoms with Gasteiger partial charge in [0.1, 0.15) is 5.82 Å². The summed E-state index contributed by atoms with van der Waals surface area (Å²) in [7, 11) is 0. The SMILES string of the molecule is Cc1cc(Nc2cccc(Cl)c2Cl)nc(NCC2CCCO2)n1. The second kappa shape index (κ2) is 7.34. The van der Waals surface area contributed by atoms with Gasteiger partial charge in [0.15, 0.2) is 0 Å². The van der Waals surface area contributed by atoms with Crippen molar-refractivity contribution in [1.82, 2.24) is 9.97 Å². The van der Waals surface area contributed by atoms with E-state index >= 15 is 0 Å². The van der Waals surface area contributed by atoms with E-state index in [0.29, 0.717) is 34.0 Å². The van der Waals surface area contributed by atoms with Crippen molar-refractivity contribution in [2.45, 2.75) is 25.9 Å². The van der Waals surface area contributed by atoms with Crippen LogP contribution in [0.25, 0.3) is 0 Å². The Morgan fingerprint density at radius 1 is 1.30 bits per heavy atom. The van der Waals surface area contributed by atoms with Crippen LogP contribution in [0.4, 0.5) is 17.5 Å². The second-order valence-corrected chi connectivity index (χ2v) is 6.25. The average molecular weight is 353 g/mol. The number of hydrogen-bond donors (Lipinski definition) is 2. The molecular formula is C16H18Cl2N4O. The van der Waals surface area contributed by atoms with E-state index < -0.39 is 0 Å². The van der Waals surface area contributed by atoms with Gasteiger partial charge in [0, 0.05) is 24.9 Å². The molecule has 0 bridgehead atoms. The first-order valence-electron chi connectivity index (χ1n) is 7.54. The fourth-order valence-electron chi connectivity index (χ4n) is 2.46. The largest absolute Gasteiger partial charge is 0.376 e. The van der Waals surface area contributed by atoms with Gasteiger partial charge in [0.2, 0.25) is 5.95 Å². The summed E-state index contributed by atoms with van der Waals surface area (Å²) in [5.41, 5.74) is 1.57. The van der Waals surface area contributed by atoms with Crippen molar-refractivity contribution in [3.63, 3.8) is 0 Å². The number of aromatic nitrogens is 2. The summed E-state index contributed by atoms with van der Waals surface area (Å²) in [6, 6.07) is 7.29. The number of benzene rings is 1. The molecule has 23 heavy (non-hydrogen) atoms. The van der Waals surface area contributed by atoms with Crippen molar-refractivity contribution in [2.75, 3.05) is 23.8 Å². The lowest BCUT2D eigenvalue weighted by Gasteiger charge is -2.13. The van der Waals surface area contributed by atoms with Gasteiger partial charge in [-0.15, -0.1) is 0 Å². The van der Waals surface area contributed by atoms with Crippen molar-refractivity contribution in [3.8, 4) is 0 Å². The summed E-state index contributed by atoms with van der Waals surface area (Å²) in [5, 5.41) is 7.39. The molecule has 2 heterocycles. The molecule has 3 rings (SSSR count). The molecule has 0 spiro atoms. The summed E-state index contributed by atoms with van der Waals surface area (Å²) in [6.07, 6.45) is 2.42. The Hall–Kier alpha value is -1.56. The van der Waals surface area contributed by atoms with Crippen LogP contribution >= 0.6 is 23.2 Å². The maximum absolute atomic E-state index is 6.20. The third-order valence-electron chi connectivity index (χ3n) is 3.58. The van der Waals surface area contributed by atoms with E-state index in [1.165, 1.54) is 0 Å². The number of aryl methyl sites for hydroxylation is 1. The normalized spacial score (nSPS) is 17.3. The van der Waals surface area contributed by atoms with Crippen LogP contribution in [0, 0.1) is 6.92 Å². The van der Waals surface area contributed by atoms with Crippen LogP contribution in [-0.2, 0) is 4.74 Å². The van der Waals surface area contributed by atoms with Crippen LogP contribution in [-0.4, -0.2) is 29.2 Å². The Balaban J connectivity index is 1.73. The number of ether oxygens (including phenoxy) is 1. The molecule has 5 nitrogen and oxygen atoms in total. The molecule has 1 unspecified atom stereocenters. The molecule has 7 heteroatoms. The number of nitrogens with zero attached hydrogens (tertiary/aromatic N) is 2. The highest BCUT2D eigenvalue weighted by atomic mass is 35.5. The van der Waals surface area contributed by atoms with Crippen molar-refractivity contribution in [1.29, 1.82) is 0 Å². The van der Waals surface area contributed by atoms with Gasteiger partial charge >= 0.3 is 0 Å². The van der Waals surface area contributed by atoms with Crippen LogP contribution in [0.2, 0.25) is 10.0 Å². The molecule has 1 aliphatic heterocycles. The predicted octanol–water partition coefficient (Wildman–Crippen LogP) is 4.43. The smallest absolute Gasteiger partial charge is 0.224 e. The molecule has 0 aliphatic carbocycles. The van der Waals surface area contributed by atoms with E-state index in [4.69, 9.17) is 27.9 Å². The van der Waals surface area contributed by atoms with E-state index in [9.17, 15) is 0 Å². The predicted molar refractivity (Wildman–Crippen MR) is 94.0 cm³/mol. The van der Waals surface area contributed by atoms with Gasteiger partial charge in [-0.3, -0.25) is 0 Å². The first-order chi connectivity index (χ1) is 11.1. The molecule has 0 radical (unpaired) electrons. The molecule has 1 saturated heterocycles. The summed E-state index contributed by atoms with van der Waals surface area (Å²) < 4.78 is 5.59. The van der Waals surface area contributed by atoms with E-state index in [1.54, 1.807) is 6.07 Å². The first-order valence-corrected chi connectivity index (χ1v) is 8.29. The average Bonchev–Trinajstić information content (AvgIpc) is 3.03. The molecule has 2 N–H and O–H groups in total. The van der Waals surface area contributed by atoms with Crippen molar-refractivity contribution in [3.05, 3.63) is 40.0 Å². The van der Waals surface area contributed by atoms with E-state index in [2.05, 4.69) is 20.6 Å². The highest BCUT2D eigenvalue weighted by Crippen LogP contribution is 2.31. The number of anilines is 3. The number of rotatable bonds is 5. The van der Waals surface area contributed by atoms with Gasteiger partial charge in [0.25, 0.3) is 0 Å². The minimum Gasteiger partial charge on any atom is -0.376 e. The van der Waals surface area contributed by atoms with Gasteiger partial charge in [-0.05, 0) is 31.9 Å². The second-order valence-electron chi connectivity index (χ2n) is 5.46. The molecule has 1 aromatic carbocycles. The third kappa shape index (κ3) is 4.25. The summed E-state index contributed by atoms with van der Waals surface area (Å²) in [4.78, 5) is 8.87. The van der Waals surface area contributed by atoms with Crippen LogP contribution in [0.15, 0.2) is 24.3 Å². The molecule has 1 fully saturated rings. The lowest BCUT2D eigenvalue weighted by Crippen LogP contribution is -2.20. The van der Waals surface area contributed by atoms with Crippen molar-refractivity contribution in [2.24, 2.45) is 0 Å². The van der Waals surface area contributed by atoms with E-state index in [-0.39, 0.29) is 6.10 Å². The van der Waals surface area contributed by atoms with Crippen molar-refractivity contribution < 1.29 is 4.74 Å². The van der Waals surface area contributed by atoms with Gasteiger partial charge < -0.3 is 15.4 Å². The fraction of sp³-hybridized carbons (Fsp3) is 0.375. The molecule has 1 aliphatic rings. The number of hydrogen-bond acceptors (Lipinski definition) is 5. The zero-order valence-corrected chi connectivity index (χ0v) is 14.3. The Bertz CT molecular complexity index is 690. The van der Waals surface area contributed by atoms with Gasteiger partial charge in [-0.1, -0.05) is 29.3 Å². The van der Waals surface area contributed by atoms with E-state index in [0.717, 1.165) is 25.1 Å². The van der Waals surface area contributed by atoms with Crippen LogP contribution < -0.4 is 10.6 Å². The highest BCUT2D eigenvalue weighted by molar-refractivity contribution is 6.43. The molecule has 1 aromatic heterocycles. The van der Waals surface area contributed by atoms with Gasteiger partial charge in [0.05, 0.1) is 21.8 Å². The van der Waals surface area contributed by atoms with Crippen LogP contribution in [0.3, 0.4) is 0 Å². The Morgan fingerprint density at radius 2 is 2.17 bits per heavy atom. The molecule has 2 aromatic rings. The molecule has 122 valence electrons. The number of nitrogens with one attached hydrogen (secondary N) is 2. The summed E-state index contributed by atoms with van der Waals surface area (Å²) >= 11 is 12.2. The third-order valence-corrected chi connectivity index (χ3v) is 4.40. The Labute approximate surface area is 145 Å². The topological polar surface area (TPSA) is 59.1 Å². The van der Waals surface area contributed by atoms with Crippen molar-refractivity contribution >= 4 is 40.7 Å². The fourth-order valence-corrected chi connectivity index (χ4v) is 2.81. The summed E-state index contributed by atoms with van der Waals surface area (Å²) in [6.45, 7) is 3.46. The van der Waals surface area contributed by atoms with Crippen LogP contribution in [0.1, 0.15) is 18.5 Å². The maximum atomic E-state index is 6.20. The highest BCUT2D eigenvalue weighted by Gasteiger charge is 2.15. The van der Waals surface area contributed by atoms with E-state index in [1.807, 2.05) is 25.1 Å². The summed E-state index contributed by atoms with van der Waals surface area (Å²) in [5.74, 6) is 1.23. The molecule has 0 amide bonds. The number of halogens is 2. The van der Waals surface area contributed by atoms with Gasteiger partial charge in [-0.25, -0.2) is 4.98 Å². The minimum absolute atomic E-state index is 0.234. The monoisotopic (exact) mass is 352 g/mol.